The largest absolute Gasteiger partial charge is 0.497 e. The Morgan fingerprint density at radius 3 is 3.00 bits per heavy atom. The molecule has 0 bridgehead atoms. The lowest BCUT2D eigenvalue weighted by Gasteiger charge is -2.16. The SMILES string of the molecule is COc1ccc2cc(CN3CCC(CO)C3)c(Cl)nc2c1. The lowest BCUT2D eigenvalue weighted by molar-refractivity contribution is 0.220. The van der Waals surface area contributed by atoms with Crippen molar-refractivity contribution in [2.45, 2.75) is 13.0 Å². The van der Waals surface area contributed by atoms with Gasteiger partial charge in [-0.1, -0.05) is 11.6 Å². The van der Waals surface area contributed by atoms with Gasteiger partial charge in [0.15, 0.2) is 0 Å². The Balaban J connectivity index is 1.84. The maximum absolute atomic E-state index is 9.22. The Hall–Kier alpha value is -1.36. The number of fused-ring (bicyclic) bond motifs is 1. The van der Waals surface area contributed by atoms with Crippen LogP contribution in [-0.2, 0) is 6.54 Å². The predicted molar refractivity (Wildman–Crippen MR) is 83.8 cm³/mol. The zero-order valence-electron chi connectivity index (χ0n) is 12.1. The number of aliphatic hydroxyl groups is 1. The number of aliphatic hydroxyl groups excluding tert-OH is 1. The van der Waals surface area contributed by atoms with Crippen LogP contribution in [0, 0.1) is 5.92 Å². The molecular weight excluding hydrogens is 288 g/mol. The second-order valence-electron chi connectivity index (χ2n) is 5.57. The number of rotatable bonds is 4. The van der Waals surface area contributed by atoms with Gasteiger partial charge in [-0.15, -0.1) is 0 Å². The van der Waals surface area contributed by atoms with Crippen LogP contribution in [0.4, 0.5) is 0 Å². The van der Waals surface area contributed by atoms with Gasteiger partial charge in [0.2, 0.25) is 0 Å². The molecule has 5 heteroatoms. The molecule has 1 aromatic heterocycles. The number of halogens is 1. The van der Waals surface area contributed by atoms with Crippen LogP contribution in [0.5, 0.6) is 5.75 Å². The third-order valence-electron chi connectivity index (χ3n) is 4.07. The number of pyridine rings is 1. The van der Waals surface area contributed by atoms with Gasteiger partial charge in [-0.2, -0.15) is 0 Å². The number of hydrogen-bond donors (Lipinski definition) is 1. The topological polar surface area (TPSA) is 45.6 Å². The molecule has 1 N–H and O–H groups in total. The summed E-state index contributed by atoms with van der Waals surface area (Å²) < 4.78 is 5.21. The Labute approximate surface area is 129 Å². The molecule has 1 saturated heterocycles. The smallest absolute Gasteiger partial charge is 0.134 e. The van der Waals surface area contributed by atoms with Crippen LogP contribution >= 0.6 is 11.6 Å². The highest BCUT2D eigenvalue weighted by Crippen LogP contribution is 2.26. The van der Waals surface area contributed by atoms with E-state index in [0.29, 0.717) is 11.1 Å². The first kappa shape index (κ1) is 14.6. The fourth-order valence-corrected chi connectivity index (χ4v) is 3.06. The van der Waals surface area contributed by atoms with Gasteiger partial charge in [0, 0.05) is 36.7 Å². The van der Waals surface area contributed by atoms with Crippen LogP contribution in [0.2, 0.25) is 5.15 Å². The lowest BCUT2D eigenvalue weighted by atomic mass is 10.1. The molecule has 0 amide bonds. The van der Waals surface area contributed by atoms with Gasteiger partial charge in [0.05, 0.1) is 12.6 Å². The molecule has 1 aromatic carbocycles. The van der Waals surface area contributed by atoms with E-state index in [1.165, 1.54) is 0 Å². The molecule has 112 valence electrons. The van der Waals surface area contributed by atoms with Crippen LogP contribution in [0.3, 0.4) is 0 Å². The molecule has 1 atom stereocenters. The van der Waals surface area contributed by atoms with Crippen molar-refractivity contribution in [1.29, 1.82) is 0 Å². The van der Waals surface area contributed by atoms with Crippen LogP contribution in [0.25, 0.3) is 10.9 Å². The molecule has 2 heterocycles. The fraction of sp³-hybridized carbons (Fsp3) is 0.438. The number of ether oxygens (including phenoxy) is 1. The molecule has 0 spiro atoms. The van der Waals surface area contributed by atoms with Crippen molar-refractivity contribution in [3.05, 3.63) is 35.0 Å². The van der Waals surface area contributed by atoms with E-state index in [1.807, 2.05) is 18.2 Å². The molecule has 0 saturated carbocycles. The van der Waals surface area contributed by atoms with Gasteiger partial charge in [0.1, 0.15) is 10.9 Å². The molecule has 1 aliphatic heterocycles. The summed E-state index contributed by atoms with van der Waals surface area (Å²) in [7, 11) is 1.64. The molecule has 2 aromatic rings. The standard InChI is InChI=1S/C16H19ClN2O2/c1-21-14-3-2-12-6-13(16(17)18-15(12)7-14)9-19-5-4-11(8-19)10-20/h2-3,6-7,11,20H,4-5,8-10H2,1H3. The summed E-state index contributed by atoms with van der Waals surface area (Å²) in [5.74, 6) is 1.17. The van der Waals surface area contributed by atoms with E-state index in [9.17, 15) is 5.11 Å². The number of methoxy groups -OCH3 is 1. The lowest BCUT2D eigenvalue weighted by Crippen LogP contribution is -2.21. The molecule has 4 nitrogen and oxygen atoms in total. The minimum absolute atomic E-state index is 0.264. The van der Waals surface area contributed by atoms with Gasteiger partial charge in [-0.25, -0.2) is 4.98 Å². The van der Waals surface area contributed by atoms with Crippen molar-refractivity contribution in [3.8, 4) is 5.75 Å². The molecule has 21 heavy (non-hydrogen) atoms. The maximum atomic E-state index is 9.22. The summed E-state index contributed by atoms with van der Waals surface area (Å²) in [6, 6.07) is 7.92. The van der Waals surface area contributed by atoms with E-state index >= 15 is 0 Å². The minimum atomic E-state index is 0.264. The summed E-state index contributed by atoms with van der Waals surface area (Å²) in [4.78, 5) is 6.79. The highest BCUT2D eigenvalue weighted by Gasteiger charge is 2.22. The van der Waals surface area contributed by atoms with Crippen molar-refractivity contribution in [2.24, 2.45) is 5.92 Å². The number of likely N-dealkylation sites (tertiary alicyclic amines) is 1. The maximum Gasteiger partial charge on any atom is 0.134 e. The van der Waals surface area contributed by atoms with E-state index in [1.54, 1.807) is 7.11 Å². The Morgan fingerprint density at radius 1 is 1.43 bits per heavy atom. The highest BCUT2D eigenvalue weighted by atomic mass is 35.5. The monoisotopic (exact) mass is 306 g/mol. The zero-order chi connectivity index (χ0) is 14.8. The van der Waals surface area contributed by atoms with Crippen LogP contribution in [0.1, 0.15) is 12.0 Å². The minimum Gasteiger partial charge on any atom is -0.497 e. The first-order chi connectivity index (χ1) is 10.2. The van der Waals surface area contributed by atoms with E-state index in [-0.39, 0.29) is 6.61 Å². The molecule has 0 radical (unpaired) electrons. The van der Waals surface area contributed by atoms with E-state index in [4.69, 9.17) is 16.3 Å². The summed E-state index contributed by atoms with van der Waals surface area (Å²) in [6.45, 7) is 2.97. The number of nitrogens with zero attached hydrogens (tertiary/aromatic N) is 2. The van der Waals surface area contributed by atoms with Gasteiger partial charge in [-0.3, -0.25) is 4.90 Å². The van der Waals surface area contributed by atoms with Crippen molar-refractivity contribution < 1.29 is 9.84 Å². The molecular formula is C16H19ClN2O2. The zero-order valence-corrected chi connectivity index (χ0v) is 12.8. The number of aromatic nitrogens is 1. The number of benzene rings is 1. The van der Waals surface area contributed by atoms with Gasteiger partial charge >= 0.3 is 0 Å². The van der Waals surface area contributed by atoms with Crippen molar-refractivity contribution in [1.82, 2.24) is 9.88 Å². The third-order valence-corrected chi connectivity index (χ3v) is 4.40. The second kappa shape index (κ2) is 6.18. The average Bonchev–Trinajstić information content (AvgIpc) is 2.95. The fourth-order valence-electron chi connectivity index (χ4n) is 2.85. The van der Waals surface area contributed by atoms with E-state index in [2.05, 4.69) is 16.0 Å². The van der Waals surface area contributed by atoms with Crippen LogP contribution in [-0.4, -0.2) is 41.8 Å². The van der Waals surface area contributed by atoms with Gasteiger partial charge in [-0.05, 0) is 37.1 Å². The molecule has 1 aliphatic rings. The van der Waals surface area contributed by atoms with Crippen LogP contribution < -0.4 is 4.74 Å². The molecule has 1 fully saturated rings. The van der Waals surface area contributed by atoms with E-state index in [0.717, 1.165) is 48.3 Å². The highest BCUT2D eigenvalue weighted by molar-refractivity contribution is 6.30. The average molecular weight is 307 g/mol. The van der Waals surface area contributed by atoms with Gasteiger partial charge < -0.3 is 9.84 Å². The molecule has 0 aliphatic carbocycles. The first-order valence-corrected chi connectivity index (χ1v) is 7.54. The normalized spacial score (nSPS) is 19.3. The Kier molecular flexibility index (Phi) is 4.29. The van der Waals surface area contributed by atoms with Crippen molar-refractivity contribution >= 4 is 22.5 Å². The quantitative estimate of drug-likeness (QED) is 0.882. The van der Waals surface area contributed by atoms with E-state index < -0.39 is 0 Å². The Morgan fingerprint density at radius 2 is 2.29 bits per heavy atom. The summed E-state index contributed by atoms with van der Waals surface area (Å²) in [6.07, 6.45) is 1.05. The molecule has 1 unspecified atom stereocenters. The third kappa shape index (κ3) is 3.12. The second-order valence-corrected chi connectivity index (χ2v) is 5.93. The van der Waals surface area contributed by atoms with Crippen molar-refractivity contribution in [3.63, 3.8) is 0 Å². The predicted octanol–water partition coefficient (Wildman–Crippen LogP) is 2.71. The van der Waals surface area contributed by atoms with Crippen LogP contribution in [0.15, 0.2) is 24.3 Å². The summed E-state index contributed by atoms with van der Waals surface area (Å²) in [5, 5.41) is 10.8. The Bertz CT molecular complexity index is 647. The molecule has 3 rings (SSSR count). The number of hydrogen-bond acceptors (Lipinski definition) is 4. The van der Waals surface area contributed by atoms with Gasteiger partial charge in [0.25, 0.3) is 0 Å². The first-order valence-electron chi connectivity index (χ1n) is 7.16. The van der Waals surface area contributed by atoms with Crippen molar-refractivity contribution in [2.75, 3.05) is 26.8 Å². The summed E-state index contributed by atoms with van der Waals surface area (Å²) in [5.41, 5.74) is 1.88. The summed E-state index contributed by atoms with van der Waals surface area (Å²) >= 11 is 6.32.